The molecule has 0 unspecified atom stereocenters. The topological polar surface area (TPSA) is 62.5 Å². The molecule has 0 aliphatic carbocycles. The molecule has 0 bridgehead atoms. The SMILES string of the molecule is Cc1cnc(CNC(=O)c2ccc3ccc(N(C)c4ccccc4)n3c2)cn1. The quantitative estimate of drug-likeness (QED) is 0.581. The highest BCUT2D eigenvalue weighted by molar-refractivity contribution is 5.94. The summed E-state index contributed by atoms with van der Waals surface area (Å²) in [6, 6.07) is 18.0. The number of rotatable bonds is 5. The van der Waals surface area contributed by atoms with Gasteiger partial charge in [0.15, 0.2) is 0 Å². The number of hydrogen-bond acceptors (Lipinski definition) is 4. The highest BCUT2D eigenvalue weighted by Gasteiger charge is 2.12. The average Bonchev–Trinajstić information content (AvgIpc) is 3.16. The molecule has 0 atom stereocenters. The van der Waals surface area contributed by atoms with E-state index < -0.39 is 0 Å². The van der Waals surface area contributed by atoms with Crippen LogP contribution in [0.4, 0.5) is 11.5 Å². The van der Waals surface area contributed by atoms with E-state index >= 15 is 0 Å². The minimum absolute atomic E-state index is 0.147. The Morgan fingerprint density at radius 1 is 1.04 bits per heavy atom. The van der Waals surface area contributed by atoms with Crippen molar-refractivity contribution in [2.45, 2.75) is 13.5 Å². The van der Waals surface area contributed by atoms with Crippen molar-refractivity contribution in [3.8, 4) is 0 Å². The van der Waals surface area contributed by atoms with E-state index in [2.05, 4.69) is 32.3 Å². The molecule has 3 aromatic heterocycles. The molecule has 0 saturated carbocycles. The largest absolute Gasteiger partial charge is 0.346 e. The Balaban J connectivity index is 1.56. The molecular weight excluding hydrogens is 350 g/mol. The van der Waals surface area contributed by atoms with Gasteiger partial charge in [-0.1, -0.05) is 18.2 Å². The number of carbonyl (C=O) groups excluding carboxylic acids is 1. The van der Waals surface area contributed by atoms with Gasteiger partial charge in [0.1, 0.15) is 5.82 Å². The Labute approximate surface area is 163 Å². The van der Waals surface area contributed by atoms with Gasteiger partial charge in [-0.05, 0) is 43.3 Å². The number of benzene rings is 1. The summed E-state index contributed by atoms with van der Waals surface area (Å²) >= 11 is 0. The second-order valence-corrected chi connectivity index (χ2v) is 6.63. The fraction of sp³-hybridized carbons (Fsp3) is 0.136. The van der Waals surface area contributed by atoms with Gasteiger partial charge in [-0.25, -0.2) is 0 Å². The number of nitrogens with one attached hydrogen (secondary N) is 1. The molecule has 0 aliphatic heterocycles. The maximum atomic E-state index is 12.6. The van der Waals surface area contributed by atoms with E-state index in [9.17, 15) is 4.79 Å². The minimum Gasteiger partial charge on any atom is -0.346 e. The third kappa shape index (κ3) is 3.57. The van der Waals surface area contributed by atoms with Crippen LogP contribution in [0.25, 0.3) is 5.52 Å². The zero-order valence-corrected chi connectivity index (χ0v) is 15.8. The molecule has 0 spiro atoms. The molecule has 0 saturated heterocycles. The third-order valence-electron chi connectivity index (χ3n) is 4.64. The van der Waals surface area contributed by atoms with E-state index in [4.69, 9.17) is 0 Å². The number of anilines is 2. The first kappa shape index (κ1) is 17.7. The number of amides is 1. The molecule has 3 heterocycles. The summed E-state index contributed by atoms with van der Waals surface area (Å²) in [6.45, 7) is 2.22. The lowest BCUT2D eigenvalue weighted by Crippen LogP contribution is -2.24. The van der Waals surface area contributed by atoms with Crippen LogP contribution in [0.2, 0.25) is 0 Å². The molecule has 6 nitrogen and oxygen atoms in total. The zero-order chi connectivity index (χ0) is 19.5. The molecular formula is C22H21N5O. The monoisotopic (exact) mass is 371 g/mol. The Hall–Kier alpha value is -3.67. The summed E-state index contributed by atoms with van der Waals surface area (Å²) in [5.41, 5.74) is 4.27. The fourth-order valence-corrected chi connectivity index (χ4v) is 3.06. The average molecular weight is 371 g/mol. The van der Waals surface area contributed by atoms with Crippen molar-refractivity contribution in [3.05, 3.63) is 90.1 Å². The molecule has 0 fully saturated rings. The van der Waals surface area contributed by atoms with Gasteiger partial charge in [0.05, 0.1) is 29.7 Å². The number of pyridine rings is 1. The van der Waals surface area contributed by atoms with E-state index in [0.29, 0.717) is 12.1 Å². The number of para-hydroxylation sites is 1. The van der Waals surface area contributed by atoms with Gasteiger partial charge in [0, 0.05) is 30.6 Å². The summed E-state index contributed by atoms with van der Waals surface area (Å²) in [5, 5.41) is 2.90. The van der Waals surface area contributed by atoms with Crippen LogP contribution >= 0.6 is 0 Å². The van der Waals surface area contributed by atoms with Crippen molar-refractivity contribution in [2.75, 3.05) is 11.9 Å². The molecule has 1 N–H and O–H groups in total. The molecule has 4 aromatic rings. The third-order valence-corrected chi connectivity index (χ3v) is 4.64. The van der Waals surface area contributed by atoms with E-state index in [-0.39, 0.29) is 5.91 Å². The lowest BCUT2D eigenvalue weighted by atomic mass is 10.2. The molecule has 0 aliphatic rings. The predicted molar refractivity (Wildman–Crippen MR) is 110 cm³/mol. The molecule has 6 heteroatoms. The van der Waals surface area contributed by atoms with Crippen LogP contribution in [0.5, 0.6) is 0 Å². The maximum Gasteiger partial charge on any atom is 0.253 e. The lowest BCUT2D eigenvalue weighted by Gasteiger charge is -2.19. The number of aromatic nitrogens is 3. The molecule has 1 amide bonds. The Kier molecular flexibility index (Phi) is 4.76. The van der Waals surface area contributed by atoms with Crippen LogP contribution in [0, 0.1) is 6.92 Å². The van der Waals surface area contributed by atoms with E-state index in [1.165, 1.54) is 0 Å². The normalized spacial score (nSPS) is 10.8. The molecule has 4 rings (SSSR count). The number of aryl methyl sites for hydroxylation is 1. The number of nitrogens with zero attached hydrogens (tertiary/aromatic N) is 4. The van der Waals surface area contributed by atoms with Gasteiger partial charge in [0.25, 0.3) is 5.91 Å². The van der Waals surface area contributed by atoms with Crippen LogP contribution in [0.1, 0.15) is 21.7 Å². The second-order valence-electron chi connectivity index (χ2n) is 6.63. The highest BCUT2D eigenvalue weighted by Crippen LogP contribution is 2.26. The van der Waals surface area contributed by atoms with Crippen LogP contribution in [-0.4, -0.2) is 27.3 Å². The molecule has 1 aromatic carbocycles. The van der Waals surface area contributed by atoms with Crippen molar-refractivity contribution >= 4 is 22.9 Å². The van der Waals surface area contributed by atoms with E-state index in [1.54, 1.807) is 12.4 Å². The van der Waals surface area contributed by atoms with Gasteiger partial charge in [0.2, 0.25) is 0 Å². The summed E-state index contributed by atoms with van der Waals surface area (Å²) in [4.78, 5) is 23.2. The Bertz CT molecular complexity index is 1100. The van der Waals surface area contributed by atoms with Gasteiger partial charge in [-0.3, -0.25) is 14.8 Å². The van der Waals surface area contributed by atoms with Crippen molar-refractivity contribution in [1.29, 1.82) is 0 Å². The predicted octanol–water partition coefficient (Wildman–Crippen LogP) is 3.74. The summed E-state index contributed by atoms with van der Waals surface area (Å²) in [6.07, 6.45) is 5.23. The van der Waals surface area contributed by atoms with Crippen molar-refractivity contribution in [2.24, 2.45) is 0 Å². The summed E-state index contributed by atoms with van der Waals surface area (Å²) in [7, 11) is 2.01. The summed E-state index contributed by atoms with van der Waals surface area (Å²) < 4.78 is 2.02. The molecule has 140 valence electrons. The van der Waals surface area contributed by atoms with Crippen LogP contribution in [0.3, 0.4) is 0 Å². The van der Waals surface area contributed by atoms with Gasteiger partial charge >= 0.3 is 0 Å². The van der Waals surface area contributed by atoms with Crippen molar-refractivity contribution < 1.29 is 4.79 Å². The highest BCUT2D eigenvalue weighted by atomic mass is 16.1. The van der Waals surface area contributed by atoms with Crippen LogP contribution < -0.4 is 10.2 Å². The standard InChI is InChI=1S/C22H21N5O/c1-16-12-24-18(13-23-16)14-25-22(28)17-8-9-20-10-11-21(27(20)15-17)26(2)19-6-4-3-5-7-19/h3-13,15H,14H2,1-2H3,(H,25,28). The van der Waals surface area contributed by atoms with Gasteiger partial charge in [-0.2, -0.15) is 0 Å². The van der Waals surface area contributed by atoms with E-state index in [0.717, 1.165) is 28.4 Å². The summed E-state index contributed by atoms with van der Waals surface area (Å²) in [5.74, 6) is 0.839. The van der Waals surface area contributed by atoms with E-state index in [1.807, 2.05) is 67.0 Å². The first-order valence-electron chi connectivity index (χ1n) is 9.07. The number of fused-ring (bicyclic) bond motifs is 1. The zero-order valence-electron chi connectivity index (χ0n) is 15.8. The molecule has 0 radical (unpaired) electrons. The van der Waals surface area contributed by atoms with Crippen molar-refractivity contribution in [3.63, 3.8) is 0 Å². The molecule has 28 heavy (non-hydrogen) atoms. The van der Waals surface area contributed by atoms with Crippen molar-refractivity contribution in [1.82, 2.24) is 19.7 Å². The lowest BCUT2D eigenvalue weighted by molar-refractivity contribution is 0.0950. The Morgan fingerprint density at radius 2 is 1.82 bits per heavy atom. The van der Waals surface area contributed by atoms with Gasteiger partial charge < -0.3 is 14.6 Å². The Morgan fingerprint density at radius 3 is 2.57 bits per heavy atom. The second kappa shape index (κ2) is 7.52. The van der Waals surface area contributed by atoms with Gasteiger partial charge in [-0.15, -0.1) is 0 Å². The fourth-order valence-electron chi connectivity index (χ4n) is 3.06. The first-order chi connectivity index (χ1) is 13.6. The van der Waals surface area contributed by atoms with Crippen LogP contribution in [-0.2, 0) is 6.54 Å². The maximum absolute atomic E-state index is 12.6. The number of carbonyl (C=O) groups is 1. The smallest absolute Gasteiger partial charge is 0.253 e. The van der Waals surface area contributed by atoms with Crippen LogP contribution in [0.15, 0.2) is 73.2 Å². The minimum atomic E-state index is -0.147. The first-order valence-corrected chi connectivity index (χ1v) is 9.07. The number of hydrogen-bond donors (Lipinski definition) is 1.